The third-order valence-corrected chi connectivity index (χ3v) is 4.06. The van der Waals surface area contributed by atoms with Crippen molar-refractivity contribution in [3.05, 3.63) is 48.0 Å². The van der Waals surface area contributed by atoms with E-state index in [1.54, 1.807) is 24.4 Å². The second-order valence-corrected chi connectivity index (χ2v) is 5.57. The molecule has 3 rings (SSSR count). The summed E-state index contributed by atoms with van der Waals surface area (Å²) in [6.07, 6.45) is 1.61. The number of benzene rings is 1. The molecule has 0 spiro atoms. The molecule has 2 amide bonds. The van der Waals surface area contributed by atoms with Gasteiger partial charge in [-0.15, -0.1) is 0 Å². The van der Waals surface area contributed by atoms with Crippen LogP contribution in [-0.4, -0.2) is 23.9 Å². The fourth-order valence-corrected chi connectivity index (χ4v) is 2.88. The quantitative estimate of drug-likeness (QED) is 0.890. The Labute approximate surface area is 137 Å². The lowest BCUT2D eigenvalue weighted by atomic mass is 9.95. The smallest absolute Gasteiger partial charge is 0.223 e. The molecule has 0 bridgehead atoms. The number of ether oxygens (including phenoxy) is 1. The van der Waals surface area contributed by atoms with Gasteiger partial charge in [-0.3, -0.25) is 14.6 Å². The number of nitrogens with two attached hydrogens (primary N) is 1. The summed E-state index contributed by atoms with van der Waals surface area (Å²) in [6.45, 7) is 0. The van der Waals surface area contributed by atoms with Gasteiger partial charge in [0.15, 0.2) is 0 Å². The fourth-order valence-electron chi connectivity index (χ4n) is 2.88. The summed E-state index contributed by atoms with van der Waals surface area (Å²) in [5.74, 6) is -1.45. The highest BCUT2D eigenvalue weighted by atomic mass is 19.1. The maximum absolute atomic E-state index is 13.4. The summed E-state index contributed by atoms with van der Waals surface area (Å²) >= 11 is 0. The van der Waals surface area contributed by atoms with Gasteiger partial charge in [-0.05, 0) is 29.8 Å². The molecule has 1 aliphatic rings. The monoisotopic (exact) mass is 329 g/mol. The number of carbonyl (C=O) groups is 2. The second-order valence-electron chi connectivity index (χ2n) is 5.57. The molecule has 0 aliphatic carbocycles. The second kappa shape index (κ2) is 6.27. The third-order valence-electron chi connectivity index (χ3n) is 4.06. The summed E-state index contributed by atoms with van der Waals surface area (Å²) in [6, 6.07) is 7.14. The molecular weight excluding hydrogens is 313 g/mol. The van der Waals surface area contributed by atoms with Crippen molar-refractivity contribution in [3.8, 4) is 16.9 Å². The minimum absolute atomic E-state index is 0.0474. The van der Waals surface area contributed by atoms with Crippen molar-refractivity contribution in [3.63, 3.8) is 0 Å². The molecule has 1 fully saturated rings. The van der Waals surface area contributed by atoms with Gasteiger partial charge in [0, 0.05) is 24.2 Å². The van der Waals surface area contributed by atoms with Crippen molar-refractivity contribution in [2.75, 3.05) is 7.11 Å². The zero-order valence-electron chi connectivity index (χ0n) is 13.0. The van der Waals surface area contributed by atoms with Crippen LogP contribution < -0.4 is 15.8 Å². The minimum Gasteiger partial charge on any atom is -0.496 e. The van der Waals surface area contributed by atoms with Crippen molar-refractivity contribution in [2.45, 2.75) is 12.5 Å². The molecule has 24 heavy (non-hydrogen) atoms. The van der Waals surface area contributed by atoms with E-state index in [4.69, 9.17) is 10.5 Å². The molecule has 7 heteroatoms. The molecule has 2 heterocycles. The highest BCUT2D eigenvalue weighted by Crippen LogP contribution is 2.34. The van der Waals surface area contributed by atoms with Gasteiger partial charge in [-0.25, -0.2) is 4.39 Å². The molecule has 0 saturated carbocycles. The molecule has 1 aromatic carbocycles. The molecular formula is C17H16FN3O3. The average molecular weight is 329 g/mol. The van der Waals surface area contributed by atoms with Gasteiger partial charge >= 0.3 is 0 Å². The third kappa shape index (κ3) is 2.92. The van der Waals surface area contributed by atoms with Gasteiger partial charge in [-0.2, -0.15) is 0 Å². The first-order valence-electron chi connectivity index (χ1n) is 7.38. The Morgan fingerprint density at radius 1 is 1.38 bits per heavy atom. The Bertz CT molecular complexity index is 809. The molecule has 1 saturated heterocycles. The number of halogens is 1. The van der Waals surface area contributed by atoms with E-state index in [1.165, 1.54) is 19.2 Å². The normalized spacial score (nSPS) is 19.8. The number of primary amides is 1. The number of pyridine rings is 1. The predicted octanol–water partition coefficient (Wildman–Crippen LogP) is 1.56. The number of rotatable bonds is 4. The number of carbonyl (C=O) groups excluding carboxylic acids is 2. The maximum Gasteiger partial charge on any atom is 0.223 e. The number of amides is 2. The van der Waals surface area contributed by atoms with Crippen LogP contribution in [0.5, 0.6) is 5.75 Å². The molecule has 3 N–H and O–H groups in total. The molecule has 0 radical (unpaired) electrons. The summed E-state index contributed by atoms with van der Waals surface area (Å²) in [7, 11) is 1.46. The molecule has 124 valence electrons. The van der Waals surface area contributed by atoms with E-state index >= 15 is 0 Å². The number of hydrogen-bond donors (Lipinski definition) is 2. The topological polar surface area (TPSA) is 94.3 Å². The van der Waals surface area contributed by atoms with E-state index in [0.717, 1.165) is 5.56 Å². The summed E-state index contributed by atoms with van der Waals surface area (Å²) in [5.41, 5.74) is 7.32. The predicted molar refractivity (Wildman–Crippen MR) is 84.4 cm³/mol. The van der Waals surface area contributed by atoms with E-state index in [0.29, 0.717) is 17.0 Å². The number of hydrogen-bond acceptors (Lipinski definition) is 4. The number of aromatic nitrogens is 1. The van der Waals surface area contributed by atoms with Gasteiger partial charge in [0.05, 0.1) is 24.8 Å². The van der Waals surface area contributed by atoms with E-state index < -0.39 is 23.7 Å². The summed E-state index contributed by atoms with van der Waals surface area (Å²) < 4.78 is 18.6. The zero-order valence-corrected chi connectivity index (χ0v) is 13.0. The van der Waals surface area contributed by atoms with Crippen LogP contribution in [0, 0.1) is 11.7 Å². The van der Waals surface area contributed by atoms with Crippen molar-refractivity contribution in [2.24, 2.45) is 11.7 Å². The first-order chi connectivity index (χ1) is 11.5. The lowest BCUT2D eigenvalue weighted by Crippen LogP contribution is -2.29. The lowest BCUT2D eigenvalue weighted by molar-refractivity contribution is -0.124. The molecule has 2 atom stereocenters. The van der Waals surface area contributed by atoms with Gasteiger partial charge in [0.1, 0.15) is 11.6 Å². The Morgan fingerprint density at radius 2 is 2.17 bits per heavy atom. The maximum atomic E-state index is 13.4. The van der Waals surface area contributed by atoms with Gasteiger partial charge in [0.25, 0.3) is 0 Å². The lowest BCUT2D eigenvalue weighted by Gasteiger charge is -2.17. The summed E-state index contributed by atoms with van der Waals surface area (Å²) in [5, 5.41) is 2.72. The van der Waals surface area contributed by atoms with Gasteiger partial charge in [-0.1, -0.05) is 0 Å². The van der Waals surface area contributed by atoms with E-state index in [9.17, 15) is 14.0 Å². The standard InChI is InChI=1S/C17H16FN3O3/c1-24-14-7-10(18)2-3-11(14)9-4-5-20-13(6-9)16-12(17(19)23)8-15(22)21-16/h2-7,12,16H,8H2,1H3,(H2,19,23)(H,21,22). The van der Waals surface area contributed by atoms with Crippen molar-refractivity contribution >= 4 is 11.8 Å². The van der Waals surface area contributed by atoms with E-state index in [1.807, 2.05) is 0 Å². The van der Waals surface area contributed by atoms with Gasteiger partial charge in [0.2, 0.25) is 11.8 Å². The van der Waals surface area contributed by atoms with Crippen LogP contribution in [-0.2, 0) is 9.59 Å². The van der Waals surface area contributed by atoms with E-state index in [2.05, 4.69) is 10.3 Å². The van der Waals surface area contributed by atoms with Crippen LogP contribution in [0.25, 0.3) is 11.1 Å². The fraction of sp³-hybridized carbons (Fsp3) is 0.235. The minimum atomic E-state index is -0.643. The van der Waals surface area contributed by atoms with Crippen molar-refractivity contribution in [1.29, 1.82) is 0 Å². The Hall–Kier alpha value is -2.96. The molecule has 1 aromatic heterocycles. The number of nitrogens with one attached hydrogen (secondary N) is 1. The largest absolute Gasteiger partial charge is 0.496 e. The van der Waals surface area contributed by atoms with Crippen LogP contribution in [0.2, 0.25) is 0 Å². The average Bonchev–Trinajstić information content (AvgIpc) is 2.97. The van der Waals surface area contributed by atoms with Crippen molar-refractivity contribution < 1.29 is 18.7 Å². The van der Waals surface area contributed by atoms with E-state index in [-0.39, 0.29) is 12.3 Å². The Balaban J connectivity index is 2.01. The Kier molecular flexibility index (Phi) is 4.16. The first-order valence-corrected chi connectivity index (χ1v) is 7.38. The molecule has 6 nitrogen and oxygen atoms in total. The Morgan fingerprint density at radius 3 is 2.88 bits per heavy atom. The van der Waals surface area contributed by atoms with Gasteiger partial charge < -0.3 is 15.8 Å². The molecule has 1 aliphatic heterocycles. The van der Waals surface area contributed by atoms with Crippen LogP contribution in [0.3, 0.4) is 0 Å². The molecule has 2 unspecified atom stereocenters. The van der Waals surface area contributed by atoms with Crippen LogP contribution >= 0.6 is 0 Å². The van der Waals surface area contributed by atoms with Crippen LogP contribution in [0.1, 0.15) is 18.2 Å². The van der Waals surface area contributed by atoms with Crippen LogP contribution in [0.15, 0.2) is 36.5 Å². The van der Waals surface area contributed by atoms with Crippen LogP contribution in [0.4, 0.5) is 4.39 Å². The number of methoxy groups -OCH3 is 1. The highest BCUT2D eigenvalue weighted by Gasteiger charge is 2.38. The SMILES string of the molecule is COc1cc(F)ccc1-c1ccnc(C2NC(=O)CC2C(N)=O)c1. The number of nitrogens with zero attached hydrogens (tertiary/aromatic N) is 1. The summed E-state index contributed by atoms with van der Waals surface area (Å²) in [4.78, 5) is 27.4. The highest BCUT2D eigenvalue weighted by molar-refractivity contribution is 5.89. The molecule has 2 aromatic rings. The zero-order chi connectivity index (χ0) is 17.3. The van der Waals surface area contributed by atoms with Crippen molar-refractivity contribution in [1.82, 2.24) is 10.3 Å². The first kappa shape index (κ1) is 15.9.